The van der Waals surface area contributed by atoms with Gasteiger partial charge in [-0.1, -0.05) is 32.9 Å². The number of ether oxygens (including phenoxy) is 1. The summed E-state index contributed by atoms with van der Waals surface area (Å²) in [6.07, 6.45) is 3.04. The number of carbonyl (C=O) groups is 2. The number of carbonyl (C=O) groups excluding carboxylic acids is 2. The maximum absolute atomic E-state index is 12.4. The Balaban J connectivity index is 1.93. The molecule has 0 aliphatic carbocycles. The van der Waals surface area contributed by atoms with Crippen molar-refractivity contribution in [2.24, 2.45) is 5.92 Å². The Bertz CT molecular complexity index is 548. The SMILES string of the molecule is CCc1ccc(C(=O)N[C@@H](C(=O)NC[C@@H]2CCCO2)C(C)C)cc1. The molecule has 2 N–H and O–H groups in total. The van der Waals surface area contributed by atoms with E-state index < -0.39 is 6.04 Å². The second-order valence-electron chi connectivity index (χ2n) is 6.63. The molecule has 1 saturated heterocycles. The number of benzene rings is 1. The summed E-state index contributed by atoms with van der Waals surface area (Å²) in [6, 6.07) is 6.93. The molecule has 0 spiro atoms. The van der Waals surface area contributed by atoms with Crippen LogP contribution in [0.2, 0.25) is 0 Å². The maximum Gasteiger partial charge on any atom is 0.251 e. The average molecular weight is 332 g/mol. The Labute approximate surface area is 144 Å². The van der Waals surface area contributed by atoms with Gasteiger partial charge in [-0.05, 0) is 42.9 Å². The summed E-state index contributed by atoms with van der Waals surface area (Å²) in [5, 5.41) is 5.76. The van der Waals surface area contributed by atoms with Crippen LogP contribution in [-0.2, 0) is 16.0 Å². The van der Waals surface area contributed by atoms with Crippen molar-refractivity contribution >= 4 is 11.8 Å². The molecular formula is C19H28N2O3. The van der Waals surface area contributed by atoms with Crippen molar-refractivity contribution in [3.05, 3.63) is 35.4 Å². The molecule has 0 bridgehead atoms. The Morgan fingerprint density at radius 3 is 2.50 bits per heavy atom. The second-order valence-corrected chi connectivity index (χ2v) is 6.63. The van der Waals surface area contributed by atoms with E-state index >= 15 is 0 Å². The van der Waals surface area contributed by atoms with Gasteiger partial charge in [0, 0.05) is 18.7 Å². The van der Waals surface area contributed by atoms with Crippen molar-refractivity contribution in [1.82, 2.24) is 10.6 Å². The van der Waals surface area contributed by atoms with Crippen LogP contribution in [-0.4, -0.2) is 37.1 Å². The monoisotopic (exact) mass is 332 g/mol. The summed E-state index contributed by atoms with van der Waals surface area (Å²) in [4.78, 5) is 24.8. The van der Waals surface area contributed by atoms with Crippen molar-refractivity contribution in [3.63, 3.8) is 0 Å². The Hall–Kier alpha value is -1.88. The molecule has 132 valence electrons. The highest BCUT2D eigenvalue weighted by Crippen LogP contribution is 2.11. The van der Waals surface area contributed by atoms with E-state index in [0.29, 0.717) is 12.1 Å². The van der Waals surface area contributed by atoms with Crippen LogP contribution in [0.1, 0.15) is 49.5 Å². The molecule has 2 rings (SSSR count). The lowest BCUT2D eigenvalue weighted by Gasteiger charge is -2.22. The molecule has 5 heteroatoms. The lowest BCUT2D eigenvalue weighted by molar-refractivity contribution is -0.124. The topological polar surface area (TPSA) is 67.4 Å². The molecule has 1 fully saturated rings. The summed E-state index contributed by atoms with van der Waals surface area (Å²) in [6.45, 7) is 7.19. The molecule has 0 unspecified atom stereocenters. The first-order valence-electron chi connectivity index (χ1n) is 8.80. The zero-order valence-corrected chi connectivity index (χ0v) is 14.8. The minimum atomic E-state index is -0.551. The van der Waals surface area contributed by atoms with E-state index in [4.69, 9.17) is 4.74 Å². The van der Waals surface area contributed by atoms with Gasteiger partial charge in [0.1, 0.15) is 6.04 Å². The van der Waals surface area contributed by atoms with Gasteiger partial charge in [0.2, 0.25) is 5.91 Å². The maximum atomic E-state index is 12.4. The number of rotatable bonds is 7. The summed E-state index contributed by atoms with van der Waals surface area (Å²) < 4.78 is 5.51. The molecule has 0 radical (unpaired) electrons. The van der Waals surface area contributed by atoms with Gasteiger partial charge in [0.25, 0.3) is 5.91 Å². The molecular weight excluding hydrogens is 304 g/mol. The van der Waals surface area contributed by atoms with Crippen molar-refractivity contribution in [2.75, 3.05) is 13.2 Å². The molecule has 1 aromatic rings. The molecule has 5 nitrogen and oxygen atoms in total. The van der Waals surface area contributed by atoms with Gasteiger partial charge in [0.05, 0.1) is 6.10 Å². The largest absolute Gasteiger partial charge is 0.376 e. The van der Waals surface area contributed by atoms with Crippen molar-refractivity contribution in [2.45, 2.75) is 52.2 Å². The molecule has 1 heterocycles. The smallest absolute Gasteiger partial charge is 0.251 e. The summed E-state index contributed by atoms with van der Waals surface area (Å²) in [7, 11) is 0. The molecule has 1 aliphatic heterocycles. The van der Waals surface area contributed by atoms with Crippen LogP contribution < -0.4 is 10.6 Å². The third-order valence-corrected chi connectivity index (χ3v) is 4.39. The Morgan fingerprint density at radius 1 is 1.25 bits per heavy atom. The lowest BCUT2D eigenvalue weighted by atomic mass is 10.0. The fraction of sp³-hybridized carbons (Fsp3) is 0.579. The van der Waals surface area contributed by atoms with E-state index in [1.54, 1.807) is 12.1 Å². The van der Waals surface area contributed by atoms with Crippen LogP contribution in [0.15, 0.2) is 24.3 Å². The van der Waals surface area contributed by atoms with Crippen LogP contribution in [0.25, 0.3) is 0 Å². The third kappa shape index (κ3) is 5.06. The molecule has 2 atom stereocenters. The number of amides is 2. The van der Waals surface area contributed by atoms with E-state index in [2.05, 4.69) is 17.6 Å². The van der Waals surface area contributed by atoms with E-state index in [1.807, 2.05) is 26.0 Å². The standard InChI is InChI=1S/C19H28N2O3/c1-4-14-7-9-15(10-8-14)18(22)21-17(13(2)3)19(23)20-12-16-6-5-11-24-16/h7-10,13,16-17H,4-6,11-12H2,1-3H3,(H,20,23)(H,21,22)/t16-,17+/m0/s1. The fourth-order valence-electron chi connectivity index (χ4n) is 2.78. The van der Waals surface area contributed by atoms with Crippen LogP contribution in [0.3, 0.4) is 0 Å². The molecule has 2 amide bonds. The van der Waals surface area contributed by atoms with Crippen LogP contribution >= 0.6 is 0 Å². The molecule has 1 aliphatic rings. The first-order chi connectivity index (χ1) is 11.5. The van der Waals surface area contributed by atoms with Crippen LogP contribution in [0.4, 0.5) is 0 Å². The van der Waals surface area contributed by atoms with E-state index in [-0.39, 0.29) is 23.8 Å². The quantitative estimate of drug-likeness (QED) is 0.805. The number of aryl methyl sites for hydroxylation is 1. The summed E-state index contributed by atoms with van der Waals surface area (Å²) >= 11 is 0. The highest BCUT2D eigenvalue weighted by Gasteiger charge is 2.26. The predicted octanol–water partition coefficient (Wildman–Crippen LogP) is 2.30. The van der Waals surface area contributed by atoms with Crippen molar-refractivity contribution < 1.29 is 14.3 Å². The van der Waals surface area contributed by atoms with Gasteiger partial charge in [-0.15, -0.1) is 0 Å². The second kappa shape index (κ2) is 8.83. The van der Waals surface area contributed by atoms with E-state index in [1.165, 1.54) is 5.56 Å². The Kier molecular flexibility index (Phi) is 6.79. The zero-order valence-electron chi connectivity index (χ0n) is 14.8. The summed E-state index contributed by atoms with van der Waals surface area (Å²) in [5.41, 5.74) is 1.76. The normalized spacial score (nSPS) is 18.4. The summed E-state index contributed by atoms with van der Waals surface area (Å²) in [5.74, 6) is -0.365. The molecule has 24 heavy (non-hydrogen) atoms. The zero-order chi connectivity index (χ0) is 17.5. The van der Waals surface area contributed by atoms with E-state index in [0.717, 1.165) is 25.9 Å². The van der Waals surface area contributed by atoms with Gasteiger partial charge in [-0.2, -0.15) is 0 Å². The molecule has 0 aromatic heterocycles. The number of hydrogen-bond acceptors (Lipinski definition) is 3. The van der Waals surface area contributed by atoms with Gasteiger partial charge < -0.3 is 15.4 Å². The van der Waals surface area contributed by atoms with Crippen molar-refractivity contribution in [1.29, 1.82) is 0 Å². The highest BCUT2D eigenvalue weighted by atomic mass is 16.5. The van der Waals surface area contributed by atoms with Gasteiger partial charge in [-0.25, -0.2) is 0 Å². The number of hydrogen-bond donors (Lipinski definition) is 2. The first-order valence-corrected chi connectivity index (χ1v) is 8.80. The van der Waals surface area contributed by atoms with Gasteiger partial charge in [0.15, 0.2) is 0 Å². The number of nitrogens with one attached hydrogen (secondary N) is 2. The highest BCUT2D eigenvalue weighted by molar-refractivity contribution is 5.97. The predicted molar refractivity (Wildman–Crippen MR) is 93.9 cm³/mol. The van der Waals surface area contributed by atoms with Gasteiger partial charge in [-0.3, -0.25) is 9.59 Å². The molecule has 0 saturated carbocycles. The van der Waals surface area contributed by atoms with Crippen molar-refractivity contribution in [3.8, 4) is 0 Å². The minimum Gasteiger partial charge on any atom is -0.376 e. The fourth-order valence-corrected chi connectivity index (χ4v) is 2.78. The lowest BCUT2D eigenvalue weighted by Crippen LogP contribution is -2.50. The molecule has 1 aromatic carbocycles. The van der Waals surface area contributed by atoms with E-state index in [9.17, 15) is 9.59 Å². The third-order valence-electron chi connectivity index (χ3n) is 4.39. The average Bonchev–Trinajstić information content (AvgIpc) is 3.10. The van der Waals surface area contributed by atoms with Gasteiger partial charge >= 0.3 is 0 Å². The van der Waals surface area contributed by atoms with Crippen LogP contribution in [0.5, 0.6) is 0 Å². The minimum absolute atomic E-state index is 0.00774. The Morgan fingerprint density at radius 2 is 1.96 bits per heavy atom. The van der Waals surface area contributed by atoms with Crippen LogP contribution in [0, 0.1) is 5.92 Å². The first kappa shape index (κ1) is 18.5.